The average Bonchev–Trinajstić information content (AvgIpc) is 3.60. The number of ketones is 2. The Morgan fingerprint density at radius 2 is 0.938 bits per heavy atom. The summed E-state index contributed by atoms with van der Waals surface area (Å²) in [4.78, 5) is 124. The summed E-state index contributed by atoms with van der Waals surface area (Å²) >= 11 is 2.40. The number of carboxylic acids is 5. The molecule has 0 radical (unpaired) electrons. The molecule has 65 heavy (non-hydrogen) atoms. The lowest BCUT2D eigenvalue weighted by molar-refractivity contribution is -0.141. The second kappa shape index (κ2) is 52.4. The van der Waals surface area contributed by atoms with Gasteiger partial charge in [-0.15, -0.1) is 11.8 Å². The minimum atomic E-state index is -1.13. The number of aliphatic carboxylic acids is 5. The smallest absolute Gasteiger partial charge is 0.328 e. The van der Waals surface area contributed by atoms with E-state index in [1.54, 1.807) is 19.6 Å². The van der Waals surface area contributed by atoms with Crippen LogP contribution in [0, 0.1) is 0 Å². The number of allylic oxidation sites excluding steroid dienone is 2. The predicted molar refractivity (Wildman–Crippen MR) is 251 cm³/mol. The monoisotopic (exact) mass is 981 g/mol. The molecule has 14 N–H and O–H groups in total. The fraction of sp³-hybridized carbons (Fsp3) is 0.579. The van der Waals surface area contributed by atoms with Gasteiger partial charge in [-0.3, -0.25) is 52.7 Å². The standard InChI is InChI=1S/2C6H12N2O3.2C6H11NO3S.C5H7NO3.C5H4O2.4CH4.H2O/c1-7-4(3-5(9)10)6(11)8-2;1-7-4(6(10)11)3-5(9)8-2;1-7-6(10)4(11-2)3-5(8)9;1-7-5(8)3-4(11-2)6(9)10;1-6-4(7)2-3-5(8)9;6-4-1-2-5(7)3-4;;;;;/h4,7H,3H2,1-2H3,(H,8,11)(H,9,10);4,7H,3H2,1-2H3,(H,8,9)(H,10,11);4H,3H2,1-2H3,(H,7,10)(H,8,9);4H,3H2,1-2H3,(H,7,8)(H,9,10);2-3H,1H3,(H,6,7)(H,8,9);1-2H,3H2;4*1H4;1H2/b;;;;3-2-;;;;;;. The van der Waals surface area contributed by atoms with E-state index in [2.05, 4.69) is 37.2 Å². The molecule has 0 bridgehead atoms. The largest absolute Gasteiger partial charge is 0.481 e. The number of hydrogen-bond acceptors (Lipinski definition) is 16. The third-order valence-electron chi connectivity index (χ3n) is 6.43. The van der Waals surface area contributed by atoms with Gasteiger partial charge in [0.2, 0.25) is 29.5 Å². The Morgan fingerprint density at radius 3 is 1.18 bits per heavy atom. The van der Waals surface area contributed by atoms with Crippen LogP contribution < -0.4 is 37.2 Å². The van der Waals surface area contributed by atoms with Gasteiger partial charge in [-0.05, 0) is 38.8 Å². The molecule has 0 aromatic heterocycles. The van der Waals surface area contributed by atoms with Gasteiger partial charge in [0.25, 0.3) is 0 Å². The molecule has 0 heterocycles. The molecule has 25 nitrogen and oxygen atoms in total. The Balaban J connectivity index is -0.0000000690. The molecule has 5 amide bonds. The molecule has 27 heteroatoms. The summed E-state index contributed by atoms with van der Waals surface area (Å²) in [5.74, 6) is -6.68. The van der Waals surface area contributed by atoms with Crippen LogP contribution in [0.3, 0.4) is 0 Å². The highest BCUT2D eigenvalue weighted by Gasteiger charge is 2.20. The SMILES string of the molecule is C.C.C.C.CNC(=O)/C=C\C(=O)O.CNC(=O)C(CC(=O)O)NC.CNC(=O)C(CC(=O)O)SC.CNC(=O)CC(NC)C(=O)O.CNC(=O)CC(SC)C(=O)O.O.O=C1C=CC(=O)C1. The van der Waals surface area contributed by atoms with Crippen molar-refractivity contribution in [3.8, 4) is 0 Å². The van der Waals surface area contributed by atoms with E-state index < -0.39 is 58.3 Å². The lowest BCUT2D eigenvalue weighted by Gasteiger charge is -2.10. The number of rotatable bonds is 18. The molecule has 1 aliphatic rings. The lowest BCUT2D eigenvalue weighted by atomic mass is 10.2. The van der Waals surface area contributed by atoms with Crippen molar-refractivity contribution in [2.45, 2.75) is 84.4 Å². The zero-order chi connectivity index (χ0) is 48.0. The van der Waals surface area contributed by atoms with Crippen molar-refractivity contribution in [2.75, 3.05) is 61.8 Å². The number of hydrogen-bond donors (Lipinski definition) is 12. The Labute approximate surface area is 389 Å². The van der Waals surface area contributed by atoms with E-state index in [1.807, 2.05) is 0 Å². The second-order valence-corrected chi connectivity index (χ2v) is 12.8. The summed E-state index contributed by atoms with van der Waals surface area (Å²) in [5.41, 5.74) is 0. The first-order valence-corrected chi connectivity index (χ1v) is 19.5. The van der Waals surface area contributed by atoms with E-state index in [-0.39, 0.29) is 102 Å². The fourth-order valence-corrected chi connectivity index (χ4v) is 4.29. The number of carbonyl (C=O) groups is 12. The summed E-state index contributed by atoms with van der Waals surface area (Å²) in [5, 5.41) is 57.4. The van der Waals surface area contributed by atoms with Crippen LogP contribution in [-0.4, -0.2) is 186 Å². The molecule has 0 fully saturated rings. The third-order valence-corrected chi connectivity index (χ3v) is 8.31. The first-order chi connectivity index (χ1) is 27.9. The average molecular weight is 982 g/mol. The van der Waals surface area contributed by atoms with Gasteiger partial charge in [0.05, 0.1) is 37.0 Å². The molecule has 0 aromatic carbocycles. The maximum absolute atomic E-state index is 10.9. The Morgan fingerprint density at radius 1 is 0.538 bits per heavy atom. The molecule has 4 unspecified atom stereocenters. The van der Waals surface area contributed by atoms with Crippen LogP contribution >= 0.6 is 23.5 Å². The van der Waals surface area contributed by atoms with E-state index in [9.17, 15) is 57.5 Å². The zero-order valence-electron chi connectivity index (χ0n) is 35.1. The highest BCUT2D eigenvalue weighted by molar-refractivity contribution is 8.00. The highest BCUT2D eigenvalue weighted by atomic mass is 32.2. The van der Waals surface area contributed by atoms with Crippen molar-refractivity contribution < 1.29 is 88.5 Å². The number of carbonyl (C=O) groups excluding carboxylic acids is 7. The normalized spacial score (nSPS) is 11.6. The number of thioether (sulfide) groups is 2. The fourth-order valence-electron chi connectivity index (χ4n) is 3.13. The molecule has 0 saturated carbocycles. The van der Waals surface area contributed by atoms with Crippen molar-refractivity contribution in [3.05, 3.63) is 24.3 Å². The van der Waals surface area contributed by atoms with Gasteiger partial charge in [-0.1, -0.05) is 29.7 Å². The Kier molecular flexibility index (Phi) is 66.8. The van der Waals surface area contributed by atoms with Crippen molar-refractivity contribution >= 4 is 94.5 Å². The zero-order valence-corrected chi connectivity index (χ0v) is 36.7. The van der Waals surface area contributed by atoms with Crippen LogP contribution in [0.1, 0.15) is 61.8 Å². The summed E-state index contributed by atoms with van der Waals surface area (Å²) in [6.45, 7) is 0. The number of amides is 5. The van der Waals surface area contributed by atoms with Gasteiger partial charge in [0.15, 0.2) is 11.6 Å². The Hall–Kier alpha value is -5.90. The molecule has 0 aliphatic heterocycles. The Bertz CT molecular complexity index is 1410. The van der Waals surface area contributed by atoms with E-state index in [1.165, 1.54) is 66.2 Å². The maximum Gasteiger partial charge on any atom is 0.328 e. The van der Waals surface area contributed by atoms with Crippen molar-refractivity contribution in [1.29, 1.82) is 0 Å². The molecule has 0 spiro atoms. The summed E-state index contributed by atoms with van der Waals surface area (Å²) in [7, 11) is 10.4. The highest BCUT2D eigenvalue weighted by Crippen LogP contribution is 2.11. The number of carboxylic acid groups (broad SMARTS) is 5. The maximum atomic E-state index is 10.9. The summed E-state index contributed by atoms with van der Waals surface area (Å²) < 4.78 is 0. The van der Waals surface area contributed by atoms with E-state index in [0.717, 1.165) is 23.9 Å². The predicted octanol–water partition coefficient (Wildman–Crippen LogP) is -1.36. The van der Waals surface area contributed by atoms with E-state index in [4.69, 9.17) is 25.5 Å². The van der Waals surface area contributed by atoms with Crippen LogP contribution in [0.4, 0.5) is 0 Å². The number of nitrogens with one attached hydrogen (secondary N) is 7. The summed E-state index contributed by atoms with van der Waals surface area (Å²) in [6, 6.07) is -1.44. The van der Waals surface area contributed by atoms with Crippen molar-refractivity contribution in [1.82, 2.24) is 37.2 Å². The van der Waals surface area contributed by atoms with Crippen LogP contribution in [0.2, 0.25) is 0 Å². The van der Waals surface area contributed by atoms with Gasteiger partial charge in [0.1, 0.15) is 11.3 Å². The minimum Gasteiger partial charge on any atom is -0.481 e. The van der Waals surface area contributed by atoms with Gasteiger partial charge in [-0.25, -0.2) is 4.79 Å². The van der Waals surface area contributed by atoms with Gasteiger partial charge < -0.3 is 68.2 Å². The van der Waals surface area contributed by atoms with Gasteiger partial charge >= 0.3 is 29.8 Å². The minimum absolute atomic E-state index is 0. The first kappa shape index (κ1) is 82.8. The molecule has 0 saturated heterocycles. The quantitative estimate of drug-likeness (QED) is 0.0558. The molecule has 4 atom stereocenters. The van der Waals surface area contributed by atoms with Crippen LogP contribution in [-0.2, 0) is 57.5 Å². The second-order valence-electron chi connectivity index (χ2n) is 10.7. The van der Waals surface area contributed by atoms with Gasteiger partial charge in [-0.2, -0.15) is 11.8 Å². The molecular weight excluding hydrogens is 907 g/mol. The molecule has 1 rings (SSSR count). The lowest BCUT2D eigenvalue weighted by Crippen LogP contribution is -2.42. The summed E-state index contributed by atoms with van der Waals surface area (Å²) in [6.07, 6.45) is 7.47. The number of likely N-dealkylation sites (N-methyl/N-ethyl adjacent to an activating group) is 4. The molecular formula is C38H75N7O18S2. The first-order valence-electron chi connectivity index (χ1n) is 16.9. The van der Waals surface area contributed by atoms with E-state index >= 15 is 0 Å². The molecule has 382 valence electrons. The molecule has 1 aliphatic carbocycles. The molecule has 0 aromatic rings. The third kappa shape index (κ3) is 54.2. The topological polar surface area (TPSA) is 422 Å². The van der Waals surface area contributed by atoms with Crippen LogP contribution in [0.25, 0.3) is 0 Å². The van der Waals surface area contributed by atoms with Crippen LogP contribution in [0.5, 0.6) is 0 Å². The van der Waals surface area contributed by atoms with Crippen molar-refractivity contribution in [3.63, 3.8) is 0 Å². The van der Waals surface area contributed by atoms with Gasteiger partial charge in [0, 0.05) is 53.8 Å². The van der Waals surface area contributed by atoms with Crippen LogP contribution in [0.15, 0.2) is 24.3 Å². The van der Waals surface area contributed by atoms with E-state index in [0.29, 0.717) is 0 Å². The van der Waals surface area contributed by atoms with Crippen molar-refractivity contribution in [2.24, 2.45) is 0 Å².